The van der Waals surface area contributed by atoms with Gasteiger partial charge in [-0.3, -0.25) is 4.79 Å². The minimum Gasteiger partial charge on any atom is -0.376 e. The standard InChI is InChI=1S/C20H23N7O/c21-10-14-4-1-2-6-17(14)23-11-18(28)26-15-5-3-9-27(12-15)20-16-7-8-22-19(16)24-13-25-20/h1-2,4,6-8,10,13,15,21,23H,3,5,9,11-12H2,(H,26,28)(H,22,24,25). The molecule has 1 aromatic carbocycles. The highest BCUT2D eigenvalue weighted by Gasteiger charge is 2.23. The van der Waals surface area contributed by atoms with E-state index in [1.54, 1.807) is 6.33 Å². The summed E-state index contributed by atoms with van der Waals surface area (Å²) < 4.78 is 0. The van der Waals surface area contributed by atoms with Crippen LogP contribution < -0.4 is 15.5 Å². The Balaban J connectivity index is 1.36. The number of piperidine rings is 1. The second-order valence-electron chi connectivity index (χ2n) is 6.88. The molecule has 3 aromatic rings. The first-order chi connectivity index (χ1) is 13.7. The van der Waals surface area contributed by atoms with Gasteiger partial charge in [-0.1, -0.05) is 18.2 Å². The van der Waals surface area contributed by atoms with E-state index in [2.05, 4.69) is 30.5 Å². The Hall–Kier alpha value is -3.42. The van der Waals surface area contributed by atoms with Crippen molar-refractivity contribution in [1.29, 1.82) is 5.41 Å². The second-order valence-corrected chi connectivity index (χ2v) is 6.88. The van der Waals surface area contributed by atoms with Gasteiger partial charge in [-0.2, -0.15) is 0 Å². The van der Waals surface area contributed by atoms with Crippen molar-refractivity contribution in [2.75, 3.05) is 29.9 Å². The summed E-state index contributed by atoms with van der Waals surface area (Å²) in [6.07, 6.45) is 6.65. The van der Waals surface area contributed by atoms with Gasteiger partial charge in [-0.15, -0.1) is 0 Å². The van der Waals surface area contributed by atoms with Gasteiger partial charge < -0.3 is 25.9 Å². The molecule has 0 saturated carbocycles. The molecule has 0 bridgehead atoms. The zero-order valence-corrected chi connectivity index (χ0v) is 15.5. The number of carbonyl (C=O) groups excluding carboxylic acids is 1. The van der Waals surface area contributed by atoms with Crippen molar-refractivity contribution in [2.24, 2.45) is 0 Å². The summed E-state index contributed by atoms with van der Waals surface area (Å²) in [4.78, 5) is 26.4. The van der Waals surface area contributed by atoms with Crippen LogP contribution in [0.15, 0.2) is 42.9 Å². The topological polar surface area (TPSA) is 110 Å². The molecule has 1 saturated heterocycles. The number of benzene rings is 1. The van der Waals surface area contributed by atoms with Crippen LogP contribution >= 0.6 is 0 Å². The number of para-hydroxylation sites is 1. The van der Waals surface area contributed by atoms with E-state index < -0.39 is 0 Å². The fourth-order valence-corrected chi connectivity index (χ4v) is 3.64. The number of fused-ring (bicyclic) bond motifs is 1. The predicted molar refractivity (Wildman–Crippen MR) is 110 cm³/mol. The number of amides is 1. The lowest BCUT2D eigenvalue weighted by molar-refractivity contribution is -0.120. The molecule has 1 aliphatic heterocycles. The number of anilines is 2. The number of nitrogens with one attached hydrogen (secondary N) is 4. The molecule has 28 heavy (non-hydrogen) atoms. The largest absolute Gasteiger partial charge is 0.376 e. The molecule has 3 heterocycles. The van der Waals surface area contributed by atoms with Gasteiger partial charge >= 0.3 is 0 Å². The highest BCUT2D eigenvalue weighted by molar-refractivity contribution is 5.88. The van der Waals surface area contributed by atoms with E-state index in [0.29, 0.717) is 0 Å². The molecule has 1 amide bonds. The minimum atomic E-state index is -0.0545. The summed E-state index contributed by atoms with van der Waals surface area (Å²) in [6.45, 7) is 1.81. The Bertz CT molecular complexity index is 983. The van der Waals surface area contributed by atoms with Crippen molar-refractivity contribution in [3.05, 3.63) is 48.4 Å². The first-order valence-corrected chi connectivity index (χ1v) is 9.40. The van der Waals surface area contributed by atoms with Gasteiger partial charge in [0.2, 0.25) is 5.91 Å². The van der Waals surface area contributed by atoms with Crippen molar-refractivity contribution in [3.8, 4) is 0 Å². The summed E-state index contributed by atoms with van der Waals surface area (Å²) >= 11 is 0. The number of aromatic amines is 1. The van der Waals surface area contributed by atoms with Crippen LogP contribution in [0.4, 0.5) is 11.5 Å². The van der Waals surface area contributed by atoms with Crippen LogP contribution in [0.3, 0.4) is 0 Å². The Kier molecular flexibility index (Phi) is 5.18. The zero-order valence-electron chi connectivity index (χ0n) is 15.5. The number of hydrogen-bond acceptors (Lipinski definition) is 6. The first kappa shape index (κ1) is 18.0. The van der Waals surface area contributed by atoms with E-state index in [9.17, 15) is 4.79 Å². The lowest BCUT2D eigenvalue weighted by Gasteiger charge is -2.34. The molecule has 1 aliphatic rings. The average Bonchev–Trinajstić information content (AvgIpc) is 3.21. The minimum absolute atomic E-state index is 0.0545. The van der Waals surface area contributed by atoms with E-state index >= 15 is 0 Å². The molecule has 1 atom stereocenters. The molecule has 8 nitrogen and oxygen atoms in total. The molecule has 144 valence electrons. The quantitative estimate of drug-likeness (QED) is 0.492. The van der Waals surface area contributed by atoms with Crippen molar-refractivity contribution in [2.45, 2.75) is 18.9 Å². The molecule has 0 spiro atoms. The van der Waals surface area contributed by atoms with Crippen LogP contribution in [0, 0.1) is 5.41 Å². The van der Waals surface area contributed by atoms with Crippen molar-refractivity contribution in [1.82, 2.24) is 20.3 Å². The maximum Gasteiger partial charge on any atom is 0.239 e. The van der Waals surface area contributed by atoms with Crippen LogP contribution in [0.1, 0.15) is 18.4 Å². The molecular weight excluding hydrogens is 354 g/mol. The monoisotopic (exact) mass is 377 g/mol. The Labute approximate surface area is 162 Å². The van der Waals surface area contributed by atoms with Crippen molar-refractivity contribution >= 4 is 34.7 Å². The summed E-state index contributed by atoms with van der Waals surface area (Å²) in [5.41, 5.74) is 2.37. The van der Waals surface area contributed by atoms with Gasteiger partial charge in [0.15, 0.2) is 0 Å². The Morgan fingerprint density at radius 2 is 2.21 bits per heavy atom. The highest BCUT2D eigenvalue weighted by atomic mass is 16.2. The molecule has 0 aliphatic carbocycles. The number of carbonyl (C=O) groups is 1. The number of rotatable bonds is 6. The smallest absolute Gasteiger partial charge is 0.239 e. The van der Waals surface area contributed by atoms with Crippen LogP contribution in [-0.4, -0.2) is 52.7 Å². The van der Waals surface area contributed by atoms with Gasteiger partial charge in [0.05, 0.1) is 11.9 Å². The van der Waals surface area contributed by atoms with E-state index in [1.807, 2.05) is 36.5 Å². The molecule has 8 heteroatoms. The fourth-order valence-electron chi connectivity index (χ4n) is 3.64. The maximum atomic E-state index is 12.4. The van der Waals surface area contributed by atoms with Gasteiger partial charge in [0, 0.05) is 42.8 Å². The lowest BCUT2D eigenvalue weighted by Crippen LogP contribution is -2.49. The molecule has 1 unspecified atom stereocenters. The lowest BCUT2D eigenvalue weighted by atomic mass is 10.1. The van der Waals surface area contributed by atoms with Gasteiger partial charge in [0.25, 0.3) is 0 Å². The number of H-pyrrole nitrogens is 1. The predicted octanol–water partition coefficient (Wildman–Crippen LogP) is 2.15. The molecule has 4 N–H and O–H groups in total. The summed E-state index contributed by atoms with van der Waals surface area (Å²) in [7, 11) is 0. The first-order valence-electron chi connectivity index (χ1n) is 9.40. The number of nitrogens with zero attached hydrogens (tertiary/aromatic N) is 3. The van der Waals surface area contributed by atoms with Crippen LogP contribution in [0.5, 0.6) is 0 Å². The third-order valence-corrected chi connectivity index (χ3v) is 4.97. The third-order valence-electron chi connectivity index (χ3n) is 4.97. The SMILES string of the molecule is N=Cc1ccccc1NCC(=O)NC1CCCN(c2ncnc3[nH]ccc23)C1. The summed E-state index contributed by atoms with van der Waals surface area (Å²) in [5, 5.41) is 14.7. The molecule has 1 fully saturated rings. The Morgan fingerprint density at radius 1 is 1.32 bits per heavy atom. The van der Waals surface area contributed by atoms with Gasteiger partial charge in [0.1, 0.15) is 17.8 Å². The Morgan fingerprint density at radius 3 is 3.11 bits per heavy atom. The van der Waals surface area contributed by atoms with E-state index in [1.165, 1.54) is 6.21 Å². The fraction of sp³-hybridized carbons (Fsp3) is 0.300. The maximum absolute atomic E-state index is 12.4. The van der Waals surface area contributed by atoms with Crippen LogP contribution in [-0.2, 0) is 4.79 Å². The molecule has 0 radical (unpaired) electrons. The average molecular weight is 377 g/mol. The number of aromatic nitrogens is 3. The molecule has 4 rings (SSSR count). The molecule has 2 aromatic heterocycles. The van der Waals surface area contributed by atoms with Crippen LogP contribution in [0.2, 0.25) is 0 Å². The van der Waals surface area contributed by atoms with E-state index in [0.717, 1.165) is 54.0 Å². The third kappa shape index (κ3) is 3.80. The van der Waals surface area contributed by atoms with Gasteiger partial charge in [-0.05, 0) is 25.0 Å². The summed E-state index contributed by atoms with van der Waals surface area (Å²) in [6, 6.07) is 9.53. The number of hydrogen-bond donors (Lipinski definition) is 4. The van der Waals surface area contributed by atoms with Crippen LogP contribution in [0.25, 0.3) is 11.0 Å². The van der Waals surface area contributed by atoms with Gasteiger partial charge in [-0.25, -0.2) is 9.97 Å². The second kappa shape index (κ2) is 8.08. The zero-order chi connectivity index (χ0) is 19.3. The normalized spacial score (nSPS) is 16.7. The van der Waals surface area contributed by atoms with E-state index in [4.69, 9.17) is 5.41 Å². The molecular formula is C20H23N7O. The highest BCUT2D eigenvalue weighted by Crippen LogP contribution is 2.25. The van der Waals surface area contributed by atoms with E-state index in [-0.39, 0.29) is 18.5 Å². The summed E-state index contributed by atoms with van der Waals surface area (Å²) in [5.74, 6) is 0.851. The van der Waals surface area contributed by atoms with Crippen molar-refractivity contribution < 1.29 is 4.79 Å². The van der Waals surface area contributed by atoms with Crippen molar-refractivity contribution in [3.63, 3.8) is 0 Å².